The molecule has 0 spiro atoms. The molecule has 0 saturated carbocycles. The van der Waals surface area contributed by atoms with Crippen LogP contribution < -0.4 is 26.2 Å². The van der Waals surface area contributed by atoms with Gasteiger partial charge in [-0.3, -0.25) is 0 Å². The Morgan fingerprint density at radius 2 is 0.549 bits per heavy atom. The first-order valence-corrected chi connectivity index (χ1v) is 44.3. The number of fused-ring (bicyclic) bond motifs is 13. The summed E-state index contributed by atoms with van der Waals surface area (Å²) in [6.07, 6.45) is 0. The largest absolute Gasteiger partial charge is 0.452 e. The van der Waals surface area contributed by atoms with E-state index >= 15 is 0 Å². The van der Waals surface area contributed by atoms with Crippen LogP contribution in [0.25, 0.3) is 121 Å². The molecule has 122 heavy (non-hydrogen) atoms. The standard InChI is InChI=1S/C116H117BN4O/c1-109(2,3)78-42-49-96-90(65-78)91-66-79(110(4,5)6)43-50-97(91)118(96)86-46-48-95-103(69-86)121(101-40-32-38-89-88-37-31-39-100(107(88)122-108(89)101)120-98-51-44-80(111(7,8)9)67-92(98)93-68-81(112(10,11)12)45-52-99(93)120)105-62-77(76-56-84(115(19,20)21)64-85(57-76)116(22,23)24)61-104-106(105)117(95)94-47-41-72(75-54-82(113(13,14)15)63-83(55-75)114(16,17)18)60-102(94)119(104)87-58-73(70-33-27-25-28-34-70)53-74(59-87)71-35-29-26-30-36-71/h25-69H,1-24H3. The fourth-order valence-electron chi connectivity index (χ4n) is 19.2. The van der Waals surface area contributed by atoms with E-state index in [1.165, 1.54) is 110 Å². The molecule has 14 aromatic carbocycles. The predicted octanol–water partition coefficient (Wildman–Crippen LogP) is 30.9. The Balaban J connectivity index is 0.968. The molecule has 5 heterocycles. The van der Waals surface area contributed by atoms with Crippen molar-refractivity contribution in [3.63, 3.8) is 0 Å². The van der Waals surface area contributed by atoms with Gasteiger partial charge in [-0.1, -0.05) is 330 Å². The zero-order chi connectivity index (χ0) is 85.9. The van der Waals surface area contributed by atoms with Crippen LogP contribution in [0.15, 0.2) is 277 Å². The van der Waals surface area contributed by atoms with E-state index in [-0.39, 0.29) is 50.0 Å². The first kappa shape index (κ1) is 79.9. The topological polar surface area (TPSA) is 29.5 Å². The Morgan fingerprint density at radius 3 is 0.967 bits per heavy atom. The molecule has 610 valence electrons. The Hall–Kier alpha value is -11.9. The Kier molecular flexibility index (Phi) is 18.2. The van der Waals surface area contributed by atoms with E-state index in [0.717, 1.165) is 106 Å². The lowest BCUT2D eigenvalue weighted by Crippen LogP contribution is -2.61. The van der Waals surface area contributed by atoms with Crippen LogP contribution in [0.2, 0.25) is 0 Å². The molecular weight excluding hydrogens is 1480 g/mol. The summed E-state index contributed by atoms with van der Waals surface area (Å²) in [5, 5.41) is 7.08. The van der Waals surface area contributed by atoms with Crippen LogP contribution in [0, 0.1) is 0 Å². The highest BCUT2D eigenvalue weighted by Gasteiger charge is 2.46. The number of rotatable bonds is 8. The summed E-state index contributed by atoms with van der Waals surface area (Å²) in [5.41, 5.74) is 37.4. The lowest BCUT2D eigenvalue weighted by Gasteiger charge is -2.45. The highest BCUT2D eigenvalue weighted by atomic mass is 16.3. The van der Waals surface area contributed by atoms with Crippen molar-refractivity contribution in [1.29, 1.82) is 0 Å². The molecule has 6 heteroatoms. The molecule has 0 atom stereocenters. The summed E-state index contributed by atoms with van der Waals surface area (Å²) in [6, 6.07) is 107. The summed E-state index contributed by atoms with van der Waals surface area (Å²) in [4.78, 5) is 5.32. The SMILES string of the molecule is CC(C)(C)c1cc(-c2ccc3c(c2)N(c2cc(-c4ccccc4)cc(-c4ccccc4)c2)c2cc(-c4cc(C(C)(C)C)cc(C(C)(C)C)c4)cc4c2B3c2ccc(-n3c5ccc(C(C)(C)C)cc5c5cc(C(C)(C)C)ccc53)cc2N4c2cccc3c2oc2c(-n4c5ccc(C(C)(C)C)cc5c5cc(C(C)(C)C)ccc54)cccc23)cc(C(C)(C)C)c1. The highest BCUT2D eigenvalue weighted by Crippen LogP contribution is 2.53. The maximum absolute atomic E-state index is 8.08. The van der Waals surface area contributed by atoms with Gasteiger partial charge >= 0.3 is 0 Å². The third-order valence-corrected chi connectivity index (χ3v) is 26.7. The van der Waals surface area contributed by atoms with Gasteiger partial charge in [0.1, 0.15) is 0 Å². The Morgan fingerprint density at radius 1 is 0.205 bits per heavy atom. The fraction of sp³-hybridized carbons (Fsp3) is 0.276. The van der Waals surface area contributed by atoms with Crippen LogP contribution in [-0.2, 0) is 43.3 Å². The minimum atomic E-state index is -0.270. The average molecular weight is 1590 g/mol. The Bertz CT molecular complexity index is 6870. The number of hydrogen-bond acceptors (Lipinski definition) is 3. The molecule has 3 aromatic heterocycles. The molecule has 0 fully saturated rings. The monoisotopic (exact) mass is 1590 g/mol. The van der Waals surface area contributed by atoms with Crippen molar-refractivity contribution >= 4 is 123 Å². The molecule has 19 rings (SSSR count). The fourth-order valence-corrected chi connectivity index (χ4v) is 19.2. The number of hydrogen-bond donors (Lipinski definition) is 0. The van der Waals surface area contributed by atoms with Gasteiger partial charge in [-0.15, -0.1) is 0 Å². The maximum Gasteiger partial charge on any atom is 0.252 e. The molecular formula is C116H117BN4O. The van der Waals surface area contributed by atoms with Crippen molar-refractivity contribution in [2.75, 3.05) is 9.80 Å². The average Bonchev–Trinajstić information content (AvgIpc) is 0.914. The number of nitrogens with zero attached hydrogens (tertiary/aromatic N) is 4. The van der Waals surface area contributed by atoms with Crippen LogP contribution in [0.4, 0.5) is 34.1 Å². The van der Waals surface area contributed by atoms with Crippen molar-refractivity contribution in [3.05, 3.63) is 317 Å². The van der Waals surface area contributed by atoms with Crippen molar-refractivity contribution in [2.24, 2.45) is 0 Å². The zero-order valence-electron chi connectivity index (χ0n) is 76.3. The van der Waals surface area contributed by atoms with Crippen molar-refractivity contribution in [2.45, 2.75) is 209 Å². The molecule has 17 aromatic rings. The molecule has 0 amide bonds. The summed E-state index contributed by atoms with van der Waals surface area (Å²) < 4.78 is 13.1. The molecule has 2 aliphatic rings. The molecule has 0 bridgehead atoms. The quantitative estimate of drug-likeness (QED) is 0.142. The minimum Gasteiger partial charge on any atom is -0.452 e. The molecule has 0 saturated heterocycles. The first-order chi connectivity index (χ1) is 57.5. The summed E-state index contributed by atoms with van der Waals surface area (Å²) in [7, 11) is 0. The van der Waals surface area contributed by atoms with E-state index in [4.69, 9.17) is 4.42 Å². The third kappa shape index (κ3) is 13.6. The van der Waals surface area contributed by atoms with Gasteiger partial charge in [-0.2, -0.15) is 0 Å². The van der Waals surface area contributed by atoms with Crippen LogP contribution >= 0.6 is 0 Å². The summed E-state index contributed by atoms with van der Waals surface area (Å²) >= 11 is 0. The Labute approximate surface area is 724 Å². The van der Waals surface area contributed by atoms with E-state index in [9.17, 15) is 0 Å². The number of benzene rings is 14. The van der Waals surface area contributed by atoms with Crippen molar-refractivity contribution in [3.8, 4) is 55.9 Å². The maximum atomic E-state index is 8.08. The number of anilines is 6. The van der Waals surface area contributed by atoms with Gasteiger partial charge in [-0.05, 0) is 258 Å². The normalized spacial score (nSPS) is 13.7. The van der Waals surface area contributed by atoms with Gasteiger partial charge < -0.3 is 23.4 Å². The van der Waals surface area contributed by atoms with E-state index in [1.54, 1.807) is 0 Å². The van der Waals surface area contributed by atoms with E-state index in [0.29, 0.717) is 0 Å². The van der Waals surface area contributed by atoms with Gasteiger partial charge in [0.25, 0.3) is 6.71 Å². The lowest BCUT2D eigenvalue weighted by atomic mass is 9.33. The molecule has 0 aliphatic carbocycles. The lowest BCUT2D eigenvalue weighted by molar-refractivity contribution is 0.568. The molecule has 0 radical (unpaired) electrons. The highest BCUT2D eigenvalue weighted by molar-refractivity contribution is 7.00. The van der Waals surface area contributed by atoms with Crippen molar-refractivity contribution < 1.29 is 4.42 Å². The van der Waals surface area contributed by atoms with E-state index in [2.05, 4.69) is 458 Å². The number of para-hydroxylation sites is 2. The van der Waals surface area contributed by atoms with Crippen LogP contribution in [0.5, 0.6) is 0 Å². The van der Waals surface area contributed by atoms with Crippen LogP contribution in [0.3, 0.4) is 0 Å². The van der Waals surface area contributed by atoms with E-state index < -0.39 is 0 Å². The van der Waals surface area contributed by atoms with Gasteiger partial charge in [-0.25, -0.2) is 0 Å². The van der Waals surface area contributed by atoms with Crippen LogP contribution in [0.1, 0.15) is 211 Å². The second kappa shape index (κ2) is 27.8. The summed E-state index contributed by atoms with van der Waals surface area (Å²) in [5.74, 6) is 0. The van der Waals surface area contributed by atoms with Gasteiger partial charge in [0.05, 0.1) is 33.4 Å². The number of furan rings is 1. The number of aromatic nitrogens is 2. The van der Waals surface area contributed by atoms with E-state index in [1.807, 2.05) is 0 Å². The van der Waals surface area contributed by atoms with Gasteiger partial charge in [0.15, 0.2) is 11.2 Å². The smallest absolute Gasteiger partial charge is 0.252 e. The zero-order valence-corrected chi connectivity index (χ0v) is 76.3. The minimum absolute atomic E-state index is 0.0615. The molecule has 0 unspecified atom stereocenters. The molecule has 2 aliphatic heterocycles. The predicted molar refractivity (Wildman–Crippen MR) is 528 cm³/mol. The third-order valence-electron chi connectivity index (χ3n) is 26.7. The molecule has 5 nitrogen and oxygen atoms in total. The van der Waals surface area contributed by atoms with Crippen molar-refractivity contribution in [1.82, 2.24) is 9.13 Å². The first-order valence-electron chi connectivity index (χ1n) is 44.3. The second-order valence-corrected chi connectivity index (χ2v) is 43.7. The van der Waals surface area contributed by atoms with Gasteiger partial charge in [0, 0.05) is 66.4 Å². The summed E-state index contributed by atoms with van der Waals surface area (Å²) in [6.45, 7) is 56.1. The second-order valence-electron chi connectivity index (χ2n) is 43.7. The molecule has 0 N–H and O–H groups in total. The van der Waals surface area contributed by atoms with Gasteiger partial charge in [0.2, 0.25) is 0 Å². The van der Waals surface area contributed by atoms with Crippen LogP contribution in [-0.4, -0.2) is 15.8 Å².